The number of methoxy groups -OCH3 is 2. The highest BCUT2D eigenvalue weighted by Crippen LogP contribution is 2.59. The van der Waals surface area contributed by atoms with Crippen LogP contribution in [-0.4, -0.2) is 14.2 Å². The highest BCUT2D eigenvalue weighted by Gasteiger charge is 2.37. The van der Waals surface area contributed by atoms with Crippen LogP contribution in [0.15, 0.2) is 60.0 Å². The molecule has 0 N–H and O–H groups in total. The third kappa shape index (κ3) is 6.53. The summed E-state index contributed by atoms with van der Waals surface area (Å²) >= 11 is 7.16. The third-order valence-corrected chi connectivity index (χ3v) is 13.2. The van der Waals surface area contributed by atoms with E-state index in [4.69, 9.17) is 21.3 Å². The number of hydrogen-bond donors (Lipinski definition) is 0. The standard InChI is InChI=1S/C38H55O2PS/c1-16-18-25-19-17-20-32(25)41(42,26-21-28(35(2,3)4)33(39-14)29(22-26)36(5,6)7)27-23-30(37(8,9)10)34(40-15)31(24-27)38(11,12)13/h16-17,20-24H,1,18-19H2,2-15H3. The van der Waals surface area contributed by atoms with E-state index in [1.807, 2.05) is 6.08 Å². The van der Waals surface area contributed by atoms with Crippen molar-refractivity contribution < 1.29 is 9.47 Å². The average Bonchev–Trinajstić information content (AvgIpc) is 3.33. The second-order valence-corrected chi connectivity index (χ2v) is 20.2. The molecule has 4 heteroatoms. The van der Waals surface area contributed by atoms with Crippen molar-refractivity contribution in [3.05, 3.63) is 82.2 Å². The van der Waals surface area contributed by atoms with Crippen molar-refractivity contribution in [1.29, 1.82) is 0 Å². The molecule has 0 saturated heterocycles. The van der Waals surface area contributed by atoms with Gasteiger partial charge < -0.3 is 9.47 Å². The van der Waals surface area contributed by atoms with Crippen LogP contribution >= 0.6 is 6.04 Å². The van der Waals surface area contributed by atoms with Gasteiger partial charge in [0.15, 0.2) is 0 Å². The summed E-state index contributed by atoms with van der Waals surface area (Å²) in [7, 11) is 3.60. The molecule has 2 nitrogen and oxygen atoms in total. The van der Waals surface area contributed by atoms with E-state index in [2.05, 4.69) is 126 Å². The Morgan fingerprint density at radius 3 is 1.29 bits per heavy atom. The van der Waals surface area contributed by atoms with Crippen LogP contribution in [0.5, 0.6) is 11.5 Å². The highest BCUT2D eigenvalue weighted by molar-refractivity contribution is 8.24. The van der Waals surface area contributed by atoms with Crippen molar-refractivity contribution >= 4 is 28.5 Å². The first-order chi connectivity index (χ1) is 19.1. The molecule has 0 bridgehead atoms. The molecule has 0 spiro atoms. The first-order valence-corrected chi connectivity index (χ1v) is 18.0. The molecule has 230 valence electrons. The van der Waals surface area contributed by atoms with Crippen LogP contribution in [0.4, 0.5) is 0 Å². The van der Waals surface area contributed by atoms with E-state index in [9.17, 15) is 0 Å². The summed E-state index contributed by atoms with van der Waals surface area (Å²) in [6, 6.07) is 6.95. The Labute approximate surface area is 262 Å². The Kier molecular flexibility index (Phi) is 9.65. The minimum atomic E-state index is -2.54. The first kappa shape index (κ1) is 34.4. The molecule has 0 fully saturated rings. The Hall–Kier alpha value is -2.09. The Morgan fingerprint density at radius 2 is 1.02 bits per heavy atom. The molecule has 42 heavy (non-hydrogen) atoms. The lowest BCUT2D eigenvalue weighted by molar-refractivity contribution is 0.381. The largest absolute Gasteiger partial charge is 0.496 e. The Bertz CT molecular complexity index is 1300. The lowest BCUT2D eigenvalue weighted by atomic mass is 9.79. The summed E-state index contributed by atoms with van der Waals surface area (Å²) in [4.78, 5) is 0. The van der Waals surface area contributed by atoms with Crippen LogP contribution < -0.4 is 20.1 Å². The van der Waals surface area contributed by atoms with Crippen LogP contribution in [0.25, 0.3) is 0 Å². The van der Waals surface area contributed by atoms with Crippen molar-refractivity contribution in [3.63, 3.8) is 0 Å². The summed E-state index contributed by atoms with van der Waals surface area (Å²) in [5.41, 5.74) is 5.69. The van der Waals surface area contributed by atoms with E-state index < -0.39 is 6.04 Å². The fourth-order valence-corrected chi connectivity index (χ4v) is 10.2. The Balaban J connectivity index is 2.67. The van der Waals surface area contributed by atoms with Gasteiger partial charge in [0.2, 0.25) is 0 Å². The topological polar surface area (TPSA) is 18.5 Å². The van der Waals surface area contributed by atoms with Gasteiger partial charge in [-0.25, -0.2) is 0 Å². The van der Waals surface area contributed by atoms with Crippen LogP contribution in [-0.2, 0) is 33.5 Å². The van der Waals surface area contributed by atoms with E-state index in [1.54, 1.807) is 14.2 Å². The fourth-order valence-electron chi connectivity index (χ4n) is 5.91. The van der Waals surface area contributed by atoms with E-state index in [0.29, 0.717) is 0 Å². The lowest BCUT2D eigenvalue weighted by Crippen LogP contribution is -2.28. The molecule has 2 aromatic rings. The zero-order chi connectivity index (χ0) is 32.1. The summed E-state index contributed by atoms with van der Waals surface area (Å²) in [5.74, 6) is 1.95. The summed E-state index contributed by atoms with van der Waals surface area (Å²) < 4.78 is 12.3. The maximum atomic E-state index is 7.16. The van der Waals surface area contributed by atoms with E-state index in [1.165, 1.54) is 43.8 Å². The summed E-state index contributed by atoms with van der Waals surface area (Å²) in [6.45, 7) is 31.3. The maximum absolute atomic E-state index is 7.16. The van der Waals surface area contributed by atoms with Gasteiger partial charge in [-0.05, 0) is 74.7 Å². The van der Waals surface area contributed by atoms with Crippen molar-refractivity contribution in [2.24, 2.45) is 0 Å². The number of rotatable bonds is 7. The minimum absolute atomic E-state index is 0.127. The van der Waals surface area contributed by atoms with Gasteiger partial charge in [0, 0.05) is 28.3 Å². The number of benzene rings is 2. The second kappa shape index (κ2) is 11.8. The molecule has 0 unspecified atom stereocenters. The molecule has 0 aliphatic heterocycles. The SMILES string of the molecule is C=CCC1=C(P(=S)(c2cc(C(C)(C)C)c(OC)c(C(C)(C)C)c2)c2cc(C(C)(C)C)c(OC)c(C(C)(C)C)c2)C=CC1. The van der Waals surface area contributed by atoms with Gasteiger partial charge >= 0.3 is 0 Å². The van der Waals surface area contributed by atoms with Gasteiger partial charge in [0.25, 0.3) is 0 Å². The molecule has 1 aliphatic carbocycles. The fraction of sp³-hybridized carbons (Fsp3) is 0.526. The van der Waals surface area contributed by atoms with E-state index >= 15 is 0 Å². The first-order valence-electron chi connectivity index (χ1n) is 15.2. The molecule has 1 aliphatic rings. The molecule has 0 atom stereocenters. The van der Waals surface area contributed by atoms with Crippen molar-refractivity contribution in [2.45, 2.75) is 118 Å². The molecule has 0 aromatic heterocycles. The molecule has 3 rings (SSSR count). The highest BCUT2D eigenvalue weighted by atomic mass is 32.4. The predicted octanol–water partition coefficient (Wildman–Crippen LogP) is 10.1. The lowest BCUT2D eigenvalue weighted by Gasteiger charge is -2.35. The second-order valence-electron chi connectivity index (χ2n) is 15.8. The van der Waals surface area contributed by atoms with E-state index in [0.717, 1.165) is 24.3 Å². The van der Waals surface area contributed by atoms with Gasteiger partial charge in [0.1, 0.15) is 11.5 Å². The number of hydrogen-bond acceptors (Lipinski definition) is 3. The van der Waals surface area contributed by atoms with Gasteiger partial charge in [-0.1, -0.05) is 119 Å². The van der Waals surface area contributed by atoms with Crippen molar-refractivity contribution in [3.8, 4) is 11.5 Å². The average molecular weight is 607 g/mol. The number of allylic oxidation sites excluding steroid dienone is 5. The van der Waals surface area contributed by atoms with Crippen LogP contribution in [0.3, 0.4) is 0 Å². The van der Waals surface area contributed by atoms with Crippen LogP contribution in [0.2, 0.25) is 0 Å². The molecule has 0 heterocycles. The molecule has 0 amide bonds. The van der Waals surface area contributed by atoms with Gasteiger partial charge in [0.05, 0.1) is 14.2 Å². The van der Waals surface area contributed by atoms with Gasteiger partial charge in [-0.15, -0.1) is 6.58 Å². The predicted molar refractivity (Wildman–Crippen MR) is 190 cm³/mol. The van der Waals surface area contributed by atoms with Gasteiger partial charge in [-0.2, -0.15) is 0 Å². The quantitative estimate of drug-likeness (QED) is 0.231. The smallest absolute Gasteiger partial charge is 0.126 e. The molecular formula is C38H55O2PS. The third-order valence-electron chi connectivity index (χ3n) is 8.25. The maximum Gasteiger partial charge on any atom is 0.126 e. The summed E-state index contributed by atoms with van der Waals surface area (Å²) in [6.07, 6.45) is 8.38. The van der Waals surface area contributed by atoms with Gasteiger partial charge in [-0.3, -0.25) is 0 Å². The molecule has 0 radical (unpaired) electrons. The van der Waals surface area contributed by atoms with Crippen LogP contribution in [0.1, 0.15) is 118 Å². The van der Waals surface area contributed by atoms with E-state index in [-0.39, 0.29) is 21.7 Å². The molecule has 0 saturated carbocycles. The minimum Gasteiger partial charge on any atom is -0.496 e. The zero-order valence-corrected chi connectivity index (χ0v) is 30.5. The van der Waals surface area contributed by atoms with Crippen molar-refractivity contribution in [1.82, 2.24) is 0 Å². The van der Waals surface area contributed by atoms with Crippen LogP contribution in [0, 0.1) is 0 Å². The number of ether oxygens (including phenoxy) is 2. The molecule has 2 aromatic carbocycles. The normalized spacial score (nSPS) is 14.9. The summed E-state index contributed by atoms with van der Waals surface area (Å²) in [5, 5.41) is 3.74. The Morgan fingerprint density at radius 1 is 0.690 bits per heavy atom. The zero-order valence-electron chi connectivity index (χ0n) is 28.8. The molecular weight excluding hydrogens is 551 g/mol. The monoisotopic (exact) mass is 606 g/mol. The van der Waals surface area contributed by atoms with Crippen molar-refractivity contribution in [2.75, 3.05) is 14.2 Å².